The molecule has 0 aromatic heterocycles. The third kappa shape index (κ3) is 2.50. The van der Waals surface area contributed by atoms with Gasteiger partial charge in [0.15, 0.2) is 0 Å². The second-order valence-electron chi connectivity index (χ2n) is 3.89. The van der Waals surface area contributed by atoms with Crippen LogP contribution in [0.25, 0.3) is 0 Å². The van der Waals surface area contributed by atoms with E-state index in [0.29, 0.717) is 0 Å². The Bertz CT molecular complexity index is 306. The highest BCUT2D eigenvalue weighted by Crippen LogP contribution is 2.36. The standard InChI is InChI=1S/C11H13BrClN/c12-10-3-1-9(2-4-10)7-14-11(8-13)5-6-11/h1-4,14H,5-8H2. The molecule has 1 nitrogen and oxygen atoms in total. The maximum atomic E-state index is 5.88. The summed E-state index contributed by atoms with van der Waals surface area (Å²) in [6, 6.07) is 8.39. The molecular formula is C11H13BrClN. The van der Waals surface area contributed by atoms with E-state index in [1.54, 1.807) is 0 Å². The lowest BCUT2D eigenvalue weighted by Crippen LogP contribution is -2.32. The van der Waals surface area contributed by atoms with Gasteiger partial charge in [-0.1, -0.05) is 28.1 Å². The highest BCUT2D eigenvalue weighted by Gasteiger charge is 2.40. The molecule has 3 heteroatoms. The molecular weight excluding hydrogens is 261 g/mol. The number of benzene rings is 1. The van der Waals surface area contributed by atoms with Gasteiger partial charge in [0.1, 0.15) is 0 Å². The average Bonchev–Trinajstić information content (AvgIpc) is 2.98. The van der Waals surface area contributed by atoms with Crippen LogP contribution in [0.3, 0.4) is 0 Å². The van der Waals surface area contributed by atoms with Crippen LogP contribution in [0.5, 0.6) is 0 Å². The molecule has 2 rings (SSSR count). The van der Waals surface area contributed by atoms with E-state index in [2.05, 4.69) is 45.5 Å². The van der Waals surface area contributed by atoms with Crippen LogP contribution in [0.15, 0.2) is 28.7 Å². The quantitative estimate of drug-likeness (QED) is 0.831. The van der Waals surface area contributed by atoms with Gasteiger partial charge in [0.25, 0.3) is 0 Å². The first-order valence-electron chi connectivity index (χ1n) is 4.80. The highest BCUT2D eigenvalue weighted by atomic mass is 79.9. The molecule has 0 radical (unpaired) electrons. The fourth-order valence-corrected chi connectivity index (χ4v) is 2.03. The lowest BCUT2D eigenvalue weighted by molar-refractivity contribution is 0.543. The zero-order chi connectivity index (χ0) is 10.0. The van der Waals surface area contributed by atoms with E-state index in [4.69, 9.17) is 11.6 Å². The minimum atomic E-state index is 0.245. The van der Waals surface area contributed by atoms with Crippen LogP contribution in [-0.4, -0.2) is 11.4 Å². The van der Waals surface area contributed by atoms with Crippen LogP contribution < -0.4 is 5.32 Å². The first-order chi connectivity index (χ1) is 6.74. The van der Waals surface area contributed by atoms with Crippen molar-refractivity contribution in [3.8, 4) is 0 Å². The van der Waals surface area contributed by atoms with Gasteiger partial charge in [-0.05, 0) is 30.5 Å². The smallest absolute Gasteiger partial charge is 0.0406 e. The number of hydrogen-bond donors (Lipinski definition) is 1. The van der Waals surface area contributed by atoms with E-state index < -0.39 is 0 Å². The number of alkyl halides is 1. The van der Waals surface area contributed by atoms with Gasteiger partial charge in [-0.3, -0.25) is 0 Å². The lowest BCUT2D eigenvalue weighted by atomic mass is 10.2. The zero-order valence-corrected chi connectivity index (χ0v) is 10.2. The Morgan fingerprint density at radius 1 is 1.29 bits per heavy atom. The van der Waals surface area contributed by atoms with Crippen molar-refractivity contribution in [2.45, 2.75) is 24.9 Å². The summed E-state index contributed by atoms with van der Waals surface area (Å²) in [6.07, 6.45) is 2.43. The molecule has 0 aliphatic heterocycles. The topological polar surface area (TPSA) is 12.0 Å². The Kier molecular flexibility index (Phi) is 3.15. The van der Waals surface area contributed by atoms with Crippen molar-refractivity contribution in [1.82, 2.24) is 5.32 Å². The second kappa shape index (κ2) is 4.21. The van der Waals surface area contributed by atoms with Crippen molar-refractivity contribution in [2.24, 2.45) is 0 Å². The molecule has 1 aliphatic rings. The Labute approximate surface area is 98.0 Å². The monoisotopic (exact) mass is 273 g/mol. The Morgan fingerprint density at radius 2 is 1.93 bits per heavy atom. The molecule has 0 unspecified atom stereocenters. The molecule has 1 fully saturated rings. The summed E-state index contributed by atoms with van der Waals surface area (Å²) >= 11 is 9.30. The van der Waals surface area contributed by atoms with Crippen LogP contribution in [-0.2, 0) is 6.54 Å². The molecule has 76 valence electrons. The molecule has 1 saturated carbocycles. The van der Waals surface area contributed by atoms with Crippen LogP contribution in [0, 0.1) is 0 Å². The zero-order valence-electron chi connectivity index (χ0n) is 7.89. The number of halogens is 2. The van der Waals surface area contributed by atoms with Gasteiger partial charge in [0.05, 0.1) is 0 Å². The Hall–Kier alpha value is -0.0500. The molecule has 1 N–H and O–H groups in total. The van der Waals surface area contributed by atoms with Gasteiger partial charge in [-0.15, -0.1) is 11.6 Å². The third-order valence-corrected chi connectivity index (χ3v) is 3.73. The summed E-state index contributed by atoms with van der Waals surface area (Å²) in [5.41, 5.74) is 1.55. The van der Waals surface area contributed by atoms with Crippen LogP contribution in [0.4, 0.5) is 0 Å². The van der Waals surface area contributed by atoms with Crippen molar-refractivity contribution in [3.05, 3.63) is 34.3 Å². The van der Waals surface area contributed by atoms with Gasteiger partial charge < -0.3 is 5.32 Å². The summed E-state index contributed by atoms with van der Waals surface area (Å²) in [6.45, 7) is 0.917. The van der Waals surface area contributed by atoms with E-state index in [9.17, 15) is 0 Å². The molecule has 0 bridgehead atoms. The molecule has 0 atom stereocenters. The molecule has 0 heterocycles. The molecule has 1 aromatic carbocycles. The maximum Gasteiger partial charge on any atom is 0.0406 e. The summed E-state index contributed by atoms with van der Waals surface area (Å²) in [7, 11) is 0. The summed E-state index contributed by atoms with van der Waals surface area (Å²) in [5, 5.41) is 3.51. The first kappa shape index (κ1) is 10.5. The van der Waals surface area contributed by atoms with Gasteiger partial charge in [0.2, 0.25) is 0 Å². The predicted molar refractivity (Wildman–Crippen MR) is 63.7 cm³/mol. The molecule has 0 amide bonds. The van der Waals surface area contributed by atoms with Gasteiger partial charge in [0, 0.05) is 22.4 Å². The lowest BCUT2D eigenvalue weighted by Gasteiger charge is -2.13. The first-order valence-corrected chi connectivity index (χ1v) is 6.12. The van der Waals surface area contributed by atoms with Crippen molar-refractivity contribution >= 4 is 27.5 Å². The predicted octanol–water partition coefficient (Wildman–Crippen LogP) is 3.31. The van der Waals surface area contributed by atoms with E-state index in [1.807, 2.05) is 0 Å². The van der Waals surface area contributed by atoms with Crippen molar-refractivity contribution in [2.75, 3.05) is 5.88 Å². The number of nitrogens with one attached hydrogen (secondary N) is 1. The summed E-state index contributed by atoms with van der Waals surface area (Å²) in [4.78, 5) is 0. The third-order valence-electron chi connectivity index (χ3n) is 2.69. The normalized spacial score (nSPS) is 18.1. The fraction of sp³-hybridized carbons (Fsp3) is 0.455. The van der Waals surface area contributed by atoms with Gasteiger partial charge in [-0.25, -0.2) is 0 Å². The second-order valence-corrected chi connectivity index (χ2v) is 5.08. The van der Waals surface area contributed by atoms with Crippen LogP contribution in [0.2, 0.25) is 0 Å². The van der Waals surface area contributed by atoms with Crippen molar-refractivity contribution < 1.29 is 0 Å². The maximum absolute atomic E-state index is 5.88. The fourth-order valence-electron chi connectivity index (χ4n) is 1.40. The van der Waals surface area contributed by atoms with Crippen LogP contribution in [0.1, 0.15) is 18.4 Å². The van der Waals surface area contributed by atoms with E-state index >= 15 is 0 Å². The molecule has 1 aromatic rings. The van der Waals surface area contributed by atoms with Gasteiger partial charge in [-0.2, -0.15) is 0 Å². The van der Waals surface area contributed by atoms with E-state index in [0.717, 1.165) is 16.9 Å². The summed E-state index contributed by atoms with van der Waals surface area (Å²) < 4.78 is 1.12. The highest BCUT2D eigenvalue weighted by molar-refractivity contribution is 9.10. The Balaban J connectivity index is 1.89. The minimum Gasteiger partial charge on any atom is -0.306 e. The van der Waals surface area contributed by atoms with E-state index in [-0.39, 0.29) is 5.54 Å². The van der Waals surface area contributed by atoms with Crippen LogP contribution >= 0.6 is 27.5 Å². The largest absolute Gasteiger partial charge is 0.306 e. The minimum absolute atomic E-state index is 0.245. The Morgan fingerprint density at radius 3 is 2.43 bits per heavy atom. The number of rotatable bonds is 4. The van der Waals surface area contributed by atoms with Gasteiger partial charge >= 0.3 is 0 Å². The van der Waals surface area contributed by atoms with Crippen molar-refractivity contribution in [3.63, 3.8) is 0 Å². The molecule has 0 spiro atoms. The average molecular weight is 275 g/mol. The van der Waals surface area contributed by atoms with Crippen molar-refractivity contribution in [1.29, 1.82) is 0 Å². The molecule has 14 heavy (non-hydrogen) atoms. The molecule has 0 saturated heterocycles. The SMILES string of the molecule is ClCC1(NCc2ccc(Br)cc2)CC1. The summed E-state index contributed by atoms with van der Waals surface area (Å²) in [5.74, 6) is 0.726. The molecule has 1 aliphatic carbocycles. The van der Waals surface area contributed by atoms with E-state index in [1.165, 1.54) is 18.4 Å². The number of hydrogen-bond acceptors (Lipinski definition) is 1.